The topological polar surface area (TPSA) is 48.4 Å². The Kier molecular flexibility index (Phi) is 9.91. The Hall–Kier alpha value is -7.57. The monoisotopic (exact) mass is 1030 g/mol. The lowest BCUT2D eigenvalue weighted by Gasteiger charge is -2.50. The van der Waals surface area contributed by atoms with E-state index in [1.54, 1.807) is 0 Å². The van der Waals surface area contributed by atoms with E-state index in [1.165, 1.54) is 174 Å². The highest BCUT2D eigenvalue weighted by Gasteiger charge is 2.60. The lowest BCUT2D eigenvalue weighted by molar-refractivity contribution is 0.195. The van der Waals surface area contributed by atoms with E-state index in [1.807, 2.05) is 37.2 Å². The molecule has 392 valence electrons. The number of anilines is 6. The van der Waals surface area contributed by atoms with Gasteiger partial charge in [0, 0.05) is 87.6 Å². The summed E-state index contributed by atoms with van der Waals surface area (Å²) in [6.45, 7) is 15.3. The Balaban J connectivity index is 0.932. The standard InChI is InChI=1S/C73H70N6/c1-68-31-7-10-34-71(68,4)77(51-25-37-74-38-26-51)63-22-15-48(43-60(63)68)54-18-13-47-14-19-56-58(49-16-23-64-61(44-49)69(2)32-8-11-35-72(69,5)78(64)52-27-39-75-40-28-52)46-59(57-21-20-55(54)66(47)67(56)57)50-17-24-65-62(45-50)70(3)33-9-12-36-73(70,6)79(65)53-29-41-76-42-30-53/h13-30,37-46H,7-12,31-36H2,1-6H3. The van der Waals surface area contributed by atoms with Crippen molar-refractivity contribution in [1.82, 2.24) is 15.0 Å². The molecule has 3 saturated carbocycles. The lowest BCUT2D eigenvalue weighted by atomic mass is 9.61. The molecular formula is C73H70N6. The van der Waals surface area contributed by atoms with Crippen molar-refractivity contribution in [2.45, 2.75) is 151 Å². The highest BCUT2D eigenvalue weighted by molar-refractivity contribution is 6.30. The summed E-state index contributed by atoms with van der Waals surface area (Å²) in [5.41, 5.74) is 19.7. The Labute approximate surface area is 465 Å². The van der Waals surface area contributed by atoms with Gasteiger partial charge < -0.3 is 14.7 Å². The number of fused-ring (bicyclic) bond motifs is 9. The van der Waals surface area contributed by atoms with Gasteiger partial charge in [0.1, 0.15) is 0 Å². The van der Waals surface area contributed by atoms with Crippen molar-refractivity contribution in [3.05, 3.63) is 187 Å². The van der Waals surface area contributed by atoms with Crippen molar-refractivity contribution in [3.63, 3.8) is 0 Å². The highest BCUT2D eigenvalue weighted by Crippen LogP contribution is 2.65. The molecule has 0 amide bonds. The van der Waals surface area contributed by atoms with Crippen LogP contribution in [-0.2, 0) is 16.2 Å². The second-order valence-electron chi connectivity index (χ2n) is 26.1. The molecule has 0 spiro atoms. The summed E-state index contributed by atoms with van der Waals surface area (Å²) in [6.07, 6.45) is 26.2. The van der Waals surface area contributed by atoms with Gasteiger partial charge in [0.2, 0.25) is 0 Å². The molecule has 7 aromatic carbocycles. The summed E-state index contributed by atoms with van der Waals surface area (Å²) in [7, 11) is 0. The van der Waals surface area contributed by atoms with Crippen LogP contribution in [0.2, 0.25) is 0 Å². The van der Waals surface area contributed by atoms with Crippen LogP contribution in [0.4, 0.5) is 34.1 Å². The van der Waals surface area contributed by atoms with Crippen LogP contribution >= 0.6 is 0 Å². The van der Waals surface area contributed by atoms with Crippen LogP contribution in [0.15, 0.2) is 171 Å². The number of pyridine rings is 3. The SMILES string of the molecule is CC12CCCCC1(C)N(c1ccncc1)c1ccc(-c3ccc4ccc5c(-c6ccc7c(c6)C6(C)CCCCC6(C)N7c6ccncc6)cc(-c6ccc7c(c6)C6(C)CCCCC6(C)N7c6ccncc6)c6ccc3c4c56)cc12. The van der Waals surface area contributed by atoms with Crippen LogP contribution in [0.3, 0.4) is 0 Å². The third-order valence-electron chi connectivity index (χ3n) is 22.8. The summed E-state index contributed by atoms with van der Waals surface area (Å²) in [6, 6.07) is 53.0. The second kappa shape index (κ2) is 16.5. The maximum atomic E-state index is 4.47. The van der Waals surface area contributed by atoms with Crippen molar-refractivity contribution in [2.75, 3.05) is 14.7 Å². The third kappa shape index (κ3) is 6.10. The molecule has 6 aliphatic rings. The smallest absolute Gasteiger partial charge is 0.0517 e. The molecule has 0 N–H and O–H groups in total. The van der Waals surface area contributed by atoms with Crippen LogP contribution in [0.5, 0.6) is 0 Å². The third-order valence-corrected chi connectivity index (χ3v) is 22.8. The molecule has 0 radical (unpaired) electrons. The molecule has 79 heavy (non-hydrogen) atoms. The summed E-state index contributed by atoms with van der Waals surface area (Å²) < 4.78 is 0. The van der Waals surface area contributed by atoms with E-state index in [0.29, 0.717) is 0 Å². The molecule has 6 unspecified atom stereocenters. The quantitative estimate of drug-likeness (QED) is 0.155. The van der Waals surface area contributed by atoms with Gasteiger partial charge in [0.15, 0.2) is 0 Å². The Morgan fingerprint density at radius 3 is 1.04 bits per heavy atom. The number of hydrogen-bond acceptors (Lipinski definition) is 6. The van der Waals surface area contributed by atoms with E-state index in [2.05, 4.69) is 205 Å². The Bertz CT molecular complexity index is 3970. The van der Waals surface area contributed by atoms with Crippen LogP contribution in [0.25, 0.3) is 65.7 Å². The summed E-state index contributed by atoms with van der Waals surface area (Å²) in [5, 5.41) is 7.96. The van der Waals surface area contributed by atoms with Gasteiger partial charge in [-0.15, -0.1) is 0 Å². The van der Waals surface area contributed by atoms with Crippen molar-refractivity contribution >= 4 is 66.4 Å². The van der Waals surface area contributed by atoms with Crippen molar-refractivity contribution in [1.29, 1.82) is 0 Å². The molecule has 0 bridgehead atoms. The summed E-state index contributed by atoms with van der Waals surface area (Å²) >= 11 is 0. The van der Waals surface area contributed by atoms with Crippen molar-refractivity contribution in [2.24, 2.45) is 0 Å². The number of benzene rings is 7. The van der Waals surface area contributed by atoms with Crippen molar-refractivity contribution in [3.8, 4) is 33.4 Å². The molecule has 3 aromatic heterocycles. The zero-order valence-electron chi connectivity index (χ0n) is 46.8. The fourth-order valence-corrected chi connectivity index (χ4v) is 18.0. The van der Waals surface area contributed by atoms with E-state index >= 15 is 0 Å². The molecular weight excluding hydrogens is 961 g/mol. The van der Waals surface area contributed by atoms with Gasteiger partial charge in [-0.05, 0) is 221 Å². The summed E-state index contributed by atoms with van der Waals surface area (Å²) in [5.74, 6) is 0. The normalized spacial score (nSPS) is 27.7. The molecule has 3 aliphatic heterocycles. The molecule has 10 aromatic rings. The minimum atomic E-state index is -0.0576. The van der Waals surface area contributed by atoms with Gasteiger partial charge in [-0.2, -0.15) is 0 Å². The first-order valence-electron chi connectivity index (χ1n) is 29.7. The number of aromatic nitrogens is 3. The zero-order valence-corrected chi connectivity index (χ0v) is 46.8. The first-order valence-corrected chi connectivity index (χ1v) is 29.7. The van der Waals surface area contributed by atoms with E-state index in [0.717, 1.165) is 19.3 Å². The molecule has 6 heterocycles. The van der Waals surface area contributed by atoms with Crippen LogP contribution < -0.4 is 14.7 Å². The molecule has 6 atom stereocenters. The Morgan fingerprint density at radius 1 is 0.316 bits per heavy atom. The van der Waals surface area contributed by atoms with Gasteiger partial charge in [0.25, 0.3) is 0 Å². The fourth-order valence-electron chi connectivity index (χ4n) is 18.0. The molecule has 6 nitrogen and oxygen atoms in total. The maximum absolute atomic E-state index is 4.47. The maximum Gasteiger partial charge on any atom is 0.0517 e. The molecule has 16 rings (SSSR count). The number of hydrogen-bond donors (Lipinski definition) is 0. The zero-order chi connectivity index (χ0) is 53.3. The first kappa shape index (κ1) is 47.4. The van der Waals surface area contributed by atoms with Crippen LogP contribution in [-0.4, -0.2) is 31.6 Å². The van der Waals surface area contributed by atoms with Gasteiger partial charge in [-0.3, -0.25) is 15.0 Å². The first-order chi connectivity index (χ1) is 38.4. The van der Waals surface area contributed by atoms with E-state index in [4.69, 9.17) is 0 Å². The summed E-state index contributed by atoms with van der Waals surface area (Å²) in [4.78, 5) is 21.4. The van der Waals surface area contributed by atoms with E-state index < -0.39 is 0 Å². The second-order valence-corrected chi connectivity index (χ2v) is 26.1. The highest BCUT2D eigenvalue weighted by atomic mass is 15.3. The van der Waals surface area contributed by atoms with Gasteiger partial charge >= 0.3 is 0 Å². The number of nitrogens with zero attached hydrogens (tertiary/aromatic N) is 6. The largest absolute Gasteiger partial charge is 0.334 e. The van der Waals surface area contributed by atoms with E-state index in [9.17, 15) is 0 Å². The average molecular weight is 1030 g/mol. The lowest BCUT2D eigenvalue weighted by Crippen LogP contribution is -2.54. The van der Waals surface area contributed by atoms with Crippen LogP contribution in [0, 0.1) is 0 Å². The average Bonchev–Trinajstić information content (AvgIpc) is 3.49. The Morgan fingerprint density at radius 2 is 0.646 bits per heavy atom. The van der Waals surface area contributed by atoms with E-state index in [-0.39, 0.29) is 32.9 Å². The molecule has 0 saturated heterocycles. The predicted molar refractivity (Wildman–Crippen MR) is 328 cm³/mol. The molecule has 3 aliphatic carbocycles. The number of rotatable bonds is 6. The minimum Gasteiger partial charge on any atom is -0.334 e. The minimum absolute atomic E-state index is 0.00209. The fraction of sp³-hybridized carbons (Fsp3) is 0.329. The van der Waals surface area contributed by atoms with Gasteiger partial charge in [-0.1, -0.05) is 114 Å². The van der Waals surface area contributed by atoms with Gasteiger partial charge in [0.05, 0.1) is 16.6 Å². The van der Waals surface area contributed by atoms with Gasteiger partial charge in [-0.25, -0.2) is 0 Å². The van der Waals surface area contributed by atoms with Crippen molar-refractivity contribution < 1.29 is 0 Å². The van der Waals surface area contributed by atoms with Crippen LogP contribution in [0.1, 0.15) is 135 Å². The molecule has 6 heteroatoms. The molecule has 3 fully saturated rings. The predicted octanol–water partition coefficient (Wildman–Crippen LogP) is 19.0.